The second-order valence-electron chi connectivity index (χ2n) is 6.28. The van der Waals surface area contributed by atoms with E-state index in [9.17, 15) is 12.8 Å². The van der Waals surface area contributed by atoms with Crippen LogP contribution in [0.1, 0.15) is 17.0 Å². The molecule has 0 atom stereocenters. The van der Waals surface area contributed by atoms with Crippen LogP contribution in [0.4, 0.5) is 4.39 Å². The van der Waals surface area contributed by atoms with Crippen LogP contribution < -0.4 is 4.74 Å². The van der Waals surface area contributed by atoms with Gasteiger partial charge in [-0.15, -0.1) is 0 Å². The van der Waals surface area contributed by atoms with Gasteiger partial charge < -0.3 is 9.26 Å². The summed E-state index contributed by atoms with van der Waals surface area (Å²) in [7, 11) is -2.45. The largest absolute Gasteiger partial charge is 0.495 e. The second kappa shape index (κ2) is 7.34. The van der Waals surface area contributed by atoms with Crippen LogP contribution in [0, 0.1) is 19.7 Å². The molecule has 1 saturated heterocycles. The number of sulfonamides is 1. The van der Waals surface area contributed by atoms with Crippen molar-refractivity contribution >= 4 is 10.0 Å². The lowest BCUT2D eigenvalue weighted by atomic mass is 10.2. The van der Waals surface area contributed by atoms with Gasteiger partial charge in [0.2, 0.25) is 10.0 Å². The Morgan fingerprint density at radius 3 is 2.50 bits per heavy atom. The van der Waals surface area contributed by atoms with Crippen molar-refractivity contribution in [3.63, 3.8) is 0 Å². The lowest BCUT2D eigenvalue weighted by molar-refractivity contribution is 0.180. The number of piperazine rings is 1. The number of aryl methyl sites for hydroxylation is 2. The molecule has 142 valence electrons. The third-order valence-corrected chi connectivity index (χ3v) is 6.56. The summed E-state index contributed by atoms with van der Waals surface area (Å²) in [5.74, 6) is 0.313. The van der Waals surface area contributed by atoms with E-state index in [2.05, 4.69) is 10.1 Å². The minimum absolute atomic E-state index is 0.140. The summed E-state index contributed by atoms with van der Waals surface area (Å²) in [5, 5.41) is 3.95. The Balaban J connectivity index is 1.72. The summed E-state index contributed by atoms with van der Waals surface area (Å²) in [4.78, 5) is 2.01. The highest BCUT2D eigenvalue weighted by Gasteiger charge is 2.31. The number of hydrogen-bond acceptors (Lipinski definition) is 6. The predicted molar refractivity (Wildman–Crippen MR) is 93.0 cm³/mol. The Kier molecular flexibility index (Phi) is 5.31. The van der Waals surface area contributed by atoms with Gasteiger partial charge in [-0.1, -0.05) is 5.16 Å². The van der Waals surface area contributed by atoms with Crippen LogP contribution in [0.2, 0.25) is 0 Å². The van der Waals surface area contributed by atoms with E-state index in [0.717, 1.165) is 23.1 Å². The Morgan fingerprint density at radius 1 is 1.23 bits per heavy atom. The van der Waals surface area contributed by atoms with Gasteiger partial charge in [-0.3, -0.25) is 4.90 Å². The van der Waals surface area contributed by atoms with Crippen LogP contribution in [0.5, 0.6) is 5.75 Å². The van der Waals surface area contributed by atoms with Crippen LogP contribution in [0.25, 0.3) is 0 Å². The van der Waals surface area contributed by atoms with Crippen molar-refractivity contribution in [2.75, 3.05) is 33.3 Å². The highest BCUT2D eigenvalue weighted by Crippen LogP contribution is 2.28. The molecule has 0 spiro atoms. The number of halogens is 1. The SMILES string of the molecule is COc1ccc(F)cc1S(=O)(=O)N1CCN(Cc2c(C)noc2C)CC1. The Morgan fingerprint density at radius 2 is 1.92 bits per heavy atom. The maximum absolute atomic E-state index is 13.6. The van der Waals surface area contributed by atoms with E-state index in [4.69, 9.17) is 9.26 Å². The van der Waals surface area contributed by atoms with Crippen molar-refractivity contribution in [3.05, 3.63) is 41.0 Å². The molecule has 7 nitrogen and oxygen atoms in total. The summed E-state index contributed by atoms with van der Waals surface area (Å²) in [6.45, 7) is 6.21. The molecule has 0 amide bonds. The molecule has 2 aromatic rings. The number of ether oxygens (including phenoxy) is 1. The molecule has 0 bridgehead atoms. The maximum Gasteiger partial charge on any atom is 0.246 e. The third-order valence-electron chi connectivity index (χ3n) is 4.64. The predicted octanol–water partition coefficient (Wildman–Crippen LogP) is 1.95. The first-order chi connectivity index (χ1) is 12.3. The number of methoxy groups -OCH3 is 1. The first kappa shape index (κ1) is 18.8. The monoisotopic (exact) mass is 383 g/mol. The highest BCUT2D eigenvalue weighted by atomic mass is 32.2. The van der Waals surface area contributed by atoms with Gasteiger partial charge in [0.1, 0.15) is 22.2 Å². The zero-order chi connectivity index (χ0) is 18.9. The van der Waals surface area contributed by atoms with Crippen molar-refractivity contribution in [2.24, 2.45) is 0 Å². The maximum atomic E-state index is 13.6. The van der Waals surface area contributed by atoms with E-state index in [1.165, 1.54) is 23.5 Å². The standard InChI is InChI=1S/C17H22FN3O4S/c1-12-15(13(2)25-19-12)11-20-6-8-21(9-7-20)26(22,23)17-10-14(18)4-5-16(17)24-3/h4-5,10H,6-9,11H2,1-3H3. The summed E-state index contributed by atoms with van der Waals surface area (Å²) >= 11 is 0. The average molecular weight is 383 g/mol. The van der Waals surface area contributed by atoms with Crippen LogP contribution in [0.3, 0.4) is 0 Å². The van der Waals surface area contributed by atoms with E-state index in [0.29, 0.717) is 32.7 Å². The summed E-state index contributed by atoms with van der Waals surface area (Å²) < 4.78 is 51.0. The van der Waals surface area contributed by atoms with E-state index in [-0.39, 0.29) is 10.6 Å². The van der Waals surface area contributed by atoms with Crippen molar-refractivity contribution in [2.45, 2.75) is 25.3 Å². The zero-order valence-corrected chi connectivity index (χ0v) is 15.8. The van der Waals surface area contributed by atoms with Gasteiger partial charge in [0.15, 0.2) is 0 Å². The number of aromatic nitrogens is 1. The molecule has 0 unspecified atom stereocenters. The highest BCUT2D eigenvalue weighted by molar-refractivity contribution is 7.89. The third kappa shape index (κ3) is 3.60. The fourth-order valence-corrected chi connectivity index (χ4v) is 4.66. The first-order valence-electron chi connectivity index (χ1n) is 8.30. The fourth-order valence-electron chi connectivity index (χ4n) is 3.07. The molecule has 1 aromatic carbocycles. The zero-order valence-electron chi connectivity index (χ0n) is 15.0. The van der Waals surface area contributed by atoms with E-state index in [1.807, 2.05) is 13.8 Å². The quantitative estimate of drug-likeness (QED) is 0.786. The molecule has 0 saturated carbocycles. The molecule has 0 radical (unpaired) electrons. The smallest absolute Gasteiger partial charge is 0.246 e. The first-order valence-corrected chi connectivity index (χ1v) is 9.74. The molecule has 0 aliphatic carbocycles. The molecular weight excluding hydrogens is 361 g/mol. The van der Waals surface area contributed by atoms with E-state index >= 15 is 0 Å². The van der Waals surface area contributed by atoms with Crippen LogP contribution >= 0.6 is 0 Å². The second-order valence-corrected chi connectivity index (χ2v) is 8.18. The normalized spacial score (nSPS) is 16.8. The van der Waals surface area contributed by atoms with Gasteiger partial charge >= 0.3 is 0 Å². The molecule has 9 heteroatoms. The van der Waals surface area contributed by atoms with Crippen molar-refractivity contribution in [1.29, 1.82) is 0 Å². The molecule has 1 fully saturated rings. The fraction of sp³-hybridized carbons (Fsp3) is 0.471. The van der Waals surface area contributed by atoms with Gasteiger partial charge in [-0.25, -0.2) is 12.8 Å². The van der Waals surface area contributed by atoms with Crippen molar-refractivity contribution < 1.29 is 22.1 Å². The van der Waals surface area contributed by atoms with Crippen molar-refractivity contribution in [3.8, 4) is 5.75 Å². The minimum atomic E-state index is -3.82. The van der Waals surface area contributed by atoms with Gasteiger partial charge in [-0.2, -0.15) is 4.31 Å². The number of benzene rings is 1. The Hall–Kier alpha value is -1.97. The molecular formula is C17H22FN3O4S. The van der Waals surface area contributed by atoms with Crippen molar-refractivity contribution in [1.82, 2.24) is 14.4 Å². The molecule has 1 aliphatic rings. The topological polar surface area (TPSA) is 75.9 Å². The number of hydrogen-bond donors (Lipinski definition) is 0. The van der Waals surface area contributed by atoms with E-state index < -0.39 is 15.8 Å². The van der Waals surface area contributed by atoms with Crippen LogP contribution in [-0.2, 0) is 16.6 Å². The van der Waals surface area contributed by atoms with Gasteiger partial charge in [-0.05, 0) is 32.0 Å². The molecule has 3 rings (SSSR count). The van der Waals surface area contributed by atoms with Gasteiger partial charge in [0.25, 0.3) is 0 Å². The molecule has 2 heterocycles. The molecule has 1 aromatic heterocycles. The lowest BCUT2D eigenvalue weighted by Gasteiger charge is -2.34. The average Bonchev–Trinajstić information content (AvgIpc) is 2.94. The number of nitrogens with zero attached hydrogens (tertiary/aromatic N) is 3. The lowest BCUT2D eigenvalue weighted by Crippen LogP contribution is -2.48. The van der Waals surface area contributed by atoms with Crippen LogP contribution in [0.15, 0.2) is 27.6 Å². The molecule has 1 aliphatic heterocycles. The Bertz CT molecular complexity index is 870. The summed E-state index contributed by atoms with van der Waals surface area (Å²) in [5.41, 5.74) is 1.88. The van der Waals surface area contributed by atoms with E-state index in [1.54, 1.807) is 0 Å². The summed E-state index contributed by atoms with van der Waals surface area (Å²) in [6, 6.07) is 3.51. The van der Waals surface area contributed by atoms with Crippen LogP contribution in [-0.4, -0.2) is 56.1 Å². The summed E-state index contributed by atoms with van der Waals surface area (Å²) in [6.07, 6.45) is 0. The van der Waals surface area contributed by atoms with Gasteiger partial charge in [0, 0.05) is 38.3 Å². The minimum Gasteiger partial charge on any atom is -0.495 e. The Labute approximate surface area is 152 Å². The number of rotatable bonds is 5. The molecule has 0 N–H and O–H groups in total. The van der Waals surface area contributed by atoms with Gasteiger partial charge in [0.05, 0.1) is 12.8 Å². The molecule has 26 heavy (non-hydrogen) atoms.